The van der Waals surface area contributed by atoms with Crippen molar-refractivity contribution >= 4 is 29.2 Å². The van der Waals surface area contributed by atoms with E-state index in [1.165, 1.54) is 13.2 Å². The molecule has 0 saturated heterocycles. The Hall–Kier alpha value is -3.00. The minimum Gasteiger partial charge on any atom is -0.507 e. The molecule has 0 spiro atoms. The standard InChI is InChI=1S/C27H33FO6S/c1-18(10-6-4-8-12-24(30)33-3)23-17-22(29)25(27(32)34-23)26(31)19(2)16-21-14-13-20(35-21)11-7-5-9-15-28/h4,8,13-14,16-18,29H,5-7,9-12,15H2,1-3H3/b8-4+,19-16?. The molecule has 6 nitrogen and oxygen atoms in total. The van der Waals surface area contributed by atoms with Crippen molar-refractivity contribution in [3.63, 3.8) is 0 Å². The first-order valence-corrected chi connectivity index (χ1v) is 12.5. The highest BCUT2D eigenvalue weighted by atomic mass is 32.1. The third-order valence-corrected chi connectivity index (χ3v) is 6.66. The first kappa shape index (κ1) is 28.2. The number of carbonyl (C=O) groups excluding carboxylic acids is 2. The van der Waals surface area contributed by atoms with E-state index >= 15 is 0 Å². The number of ketones is 1. The van der Waals surface area contributed by atoms with E-state index in [9.17, 15) is 23.9 Å². The van der Waals surface area contributed by atoms with Crippen molar-refractivity contribution in [2.75, 3.05) is 13.8 Å². The molecule has 1 N–H and O–H groups in total. The Labute approximate surface area is 209 Å². The van der Waals surface area contributed by atoms with E-state index in [-0.39, 0.29) is 30.5 Å². The summed E-state index contributed by atoms with van der Waals surface area (Å²) in [5.41, 5.74) is -0.934. The lowest BCUT2D eigenvalue weighted by Crippen LogP contribution is -2.16. The van der Waals surface area contributed by atoms with Gasteiger partial charge in [-0.05, 0) is 62.8 Å². The third kappa shape index (κ3) is 8.94. The van der Waals surface area contributed by atoms with Gasteiger partial charge in [0.05, 0.1) is 20.2 Å². The lowest BCUT2D eigenvalue weighted by Gasteiger charge is -2.11. The van der Waals surface area contributed by atoms with Crippen molar-refractivity contribution in [1.82, 2.24) is 0 Å². The van der Waals surface area contributed by atoms with Gasteiger partial charge >= 0.3 is 11.6 Å². The van der Waals surface area contributed by atoms with Gasteiger partial charge < -0.3 is 14.3 Å². The molecule has 35 heavy (non-hydrogen) atoms. The molecule has 0 bridgehead atoms. The van der Waals surface area contributed by atoms with Gasteiger partial charge in [0.1, 0.15) is 17.1 Å². The second kappa shape index (κ2) is 14.4. The second-order valence-corrected chi connectivity index (χ2v) is 9.59. The summed E-state index contributed by atoms with van der Waals surface area (Å²) in [7, 11) is 1.33. The number of allylic oxidation sites excluding steroid dienone is 2. The van der Waals surface area contributed by atoms with Gasteiger partial charge in [0.25, 0.3) is 0 Å². The van der Waals surface area contributed by atoms with Crippen LogP contribution in [0.2, 0.25) is 0 Å². The van der Waals surface area contributed by atoms with Crippen molar-refractivity contribution in [1.29, 1.82) is 0 Å². The smallest absolute Gasteiger partial charge is 0.351 e. The van der Waals surface area contributed by atoms with Crippen LogP contribution in [-0.2, 0) is 16.0 Å². The first-order chi connectivity index (χ1) is 16.8. The molecular weight excluding hydrogens is 471 g/mol. The highest BCUT2D eigenvalue weighted by Crippen LogP contribution is 2.27. The predicted octanol–water partition coefficient (Wildman–Crippen LogP) is 6.38. The van der Waals surface area contributed by atoms with E-state index in [0.717, 1.165) is 29.0 Å². The number of aromatic hydroxyl groups is 1. The molecule has 2 aromatic rings. The fourth-order valence-electron chi connectivity index (χ4n) is 3.47. The number of ether oxygens (including phenoxy) is 1. The Kier molecular flexibility index (Phi) is 11.6. The van der Waals surface area contributed by atoms with Gasteiger partial charge in [-0.2, -0.15) is 0 Å². The molecule has 0 amide bonds. The van der Waals surface area contributed by atoms with Crippen LogP contribution in [0.3, 0.4) is 0 Å². The Morgan fingerprint density at radius 1 is 1.23 bits per heavy atom. The van der Waals surface area contributed by atoms with Crippen LogP contribution in [-0.4, -0.2) is 30.6 Å². The summed E-state index contributed by atoms with van der Waals surface area (Å²) >= 11 is 1.54. The summed E-state index contributed by atoms with van der Waals surface area (Å²) in [5.74, 6) is -1.19. The topological polar surface area (TPSA) is 93.8 Å². The molecule has 1 atom stereocenters. The monoisotopic (exact) mass is 504 g/mol. The Balaban J connectivity index is 2.04. The third-order valence-electron chi connectivity index (χ3n) is 5.56. The van der Waals surface area contributed by atoms with Crippen LogP contribution in [0.1, 0.15) is 84.2 Å². The highest BCUT2D eigenvalue weighted by Gasteiger charge is 2.22. The second-order valence-electron chi connectivity index (χ2n) is 8.39. The normalized spacial score (nSPS) is 12.7. The van der Waals surface area contributed by atoms with Crippen molar-refractivity contribution in [2.24, 2.45) is 0 Å². The van der Waals surface area contributed by atoms with Crippen molar-refractivity contribution in [2.45, 2.75) is 64.7 Å². The molecule has 1 unspecified atom stereocenters. The zero-order valence-corrected chi connectivity index (χ0v) is 21.3. The number of carbonyl (C=O) groups is 2. The minimum atomic E-state index is -0.870. The number of Topliss-reactive ketones (excluding diaryl/α,β-unsaturated/α-hetero) is 1. The van der Waals surface area contributed by atoms with Crippen LogP contribution in [0.4, 0.5) is 4.39 Å². The minimum absolute atomic E-state index is 0.174. The number of rotatable bonds is 14. The molecule has 2 rings (SSSR count). The zero-order valence-electron chi connectivity index (χ0n) is 20.5. The largest absolute Gasteiger partial charge is 0.507 e. The number of methoxy groups -OCH3 is 1. The molecule has 190 valence electrons. The molecule has 2 aromatic heterocycles. The summed E-state index contributed by atoms with van der Waals surface area (Å²) < 4.78 is 22.1. The van der Waals surface area contributed by atoms with E-state index in [4.69, 9.17) is 4.42 Å². The van der Waals surface area contributed by atoms with Gasteiger partial charge in [-0.3, -0.25) is 14.0 Å². The van der Waals surface area contributed by atoms with Crippen LogP contribution in [0.5, 0.6) is 5.75 Å². The fraction of sp³-hybridized carbons (Fsp3) is 0.444. The highest BCUT2D eigenvalue weighted by molar-refractivity contribution is 7.12. The zero-order chi connectivity index (χ0) is 25.8. The molecule has 0 aromatic carbocycles. The van der Waals surface area contributed by atoms with E-state index in [2.05, 4.69) is 4.74 Å². The maximum Gasteiger partial charge on any atom is 0.351 e. The molecule has 0 saturated carbocycles. The number of hydrogen-bond acceptors (Lipinski definition) is 7. The van der Waals surface area contributed by atoms with E-state index < -0.39 is 17.2 Å². The summed E-state index contributed by atoms with van der Waals surface area (Å²) in [5, 5.41) is 10.5. The first-order valence-electron chi connectivity index (χ1n) is 11.7. The summed E-state index contributed by atoms with van der Waals surface area (Å²) in [6, 6.07) is 5.21. The van der Waals surface area contributed by atoms with Crippen LogP contribution >= 0.6 is 11.3 Å². The number of halogens is 1. The number of thiophene rings is 1. The Morgan fingerprint density at radius 2 is 2.00 bits per heavy atom. The van der Waals surface area contributed by atoms with Gasteiger partial charge in [-0.15, -0.1) is 11.3 Å². The van der Waals surface area contributed by atoms with Crippen molar-refractivity contribution in [3.05, 3.63) is 67.4 Å². The molecule has 2 heterocycles. The molecule has 0 radical (unpaired) electrons. The van der Waals surface area contributed by atoms with Crippen molar-refractivity contribution in [3.8, 4) is 5.75 Å². The lowest BCUT2D eigenvalue weighted by molar-refractivity contribution is -0.139. The molecule has 0 fully saturated rings. The molecule has 0 aliphatic heterocycles. The van der Waals surface area contributed by atoms with Crippen LogP contribution < -0.4 is 5.63 Å². The van der Waals surface area contributed by atoms with Gasteiger partial charge in [0, 0.05) is 21.7 Å². The number of aryl methyl sites for hydroxylation is 1. The van der Waals surface area contributed by atoms with Gasteiger partial charge in [-0.1, -0.05) is 25.5 Å². The summed E-state index contributed by atoms with van der Waals surface area (Å²) in [6.45, 7) is 3.15. The maximum atomic E-state index is 12.9. The van der Waals surface area contributed by atoms with E-state index in [0.29, 0.717) is 30.6 Å². The molecular formula is C27H33FO6S. The van der Waals surface area contributed by atoms with Gasteiger partial charge in [-0.25, -0.2) is 4.79 Å². The van der Waals surface area contributed by atoms with Crippen LogP contribution in [0.25, 0.3) is 6.08 Å². The fourth-order valence-corrected chi connectivity index (χ4v) is 4.53. The van der Waals surface area contributed by atoms with Gasteiger partial charge in [0.15, 0.2) is 5.78 Å². The summed E-state index contributed by atoms with van der Waals surface area (Å²) in [4.78, 5) is 38.6. The average Bonchev–Trinajstić information content (AvgIpc) is 3.27. The van der Waals surface area contributed by atoms with Crippen LogP contribution in [0.15, 0.2) is 45.1 Å². The van der Waals surface area contributed by atoms with Gasteiger partial charge in [0.2, 0.25) is 0 Å². The van der Waals surface area contributed by atoms with Crippen molar-refractivity contribution < 1.29 is 28.2 Å². The number of hydrogen-bond donors (Lipinski definition) is 1. The average molecular weight is 505 g/mol. The molecule has 8 heteroatoms. The summed E-state index contributed by atoms with van der Waals surface area (Å²) in [6.07, 6.45) is 9.89. The maximum absolute atomic E-state index is 12.9. The molecule has 0 aliphatic rings. The lowest BCUT2D eigenvalue weighted by atomic mass is 9.99. The predicted molar refractivity (Wildman–Crippen MR) is 136 cm³/mol. The Bertz CT molecular complexity index is 1110. The number of esters is 1. The molecule has 0 aliphatic carbocycles. The van der Waals surface area contributed by atoms with Crippen LogP contribution in [0, 0.1) is 0 Å². The van der Waals surface area contributed by atoms with E-state index in [1.807, 2.05) is 25.1 Å². The number of alkyl halides is 1. The quantitative estimate of drug-likeness (QED) is 0.105. The number of unbranched alkanes of at least 4 members (excludes halogenated alkanes) is 2. The Morgan fingerprint density at radius 3 is 2.69 bits per heavy atom. The van der Waals surface area contributed by atoms with E-state index in [1.54, 1.807) is 30.4 Å². The SMILES string of the molecule is COC(=O)C/C=C/CCC(C)c1cc(O)c(C(=O)C(C)=Cc2ccc(CCCCCF)s2)c(=O)o1.